The van der Waals surface area contributed by atoms with E-state index in [1.807, 2.05) is 44.2 Å². The maximum Gasteiger partial charge on any atom is 0.200 e. The highest BCUT2D eigenvalue weighted by Crippen LogP contribution is 2.34. The van der Waals surface area contributed by atoms with Gasteiger partial charge >= 0.3 is 0 Å². The van der Waals surface area contributed by atoms with Crippen LogP contribution in [0.4, 0.5) is 11.5 Å². The number of halogens is 1. The zero-order valence-electron chi connectivity index (χ0n) is 17.4. The third-order valence-corrected chi connectivity index (χ3v) is 7.32. The Hall–Kier alpha value is -3.47. The number of rotatable bonds is 5. The van der Waals surface area contributed by atoms with E-state index in [1.54, 1.807) is 18.2 Å². The van der Waals surface area contributed by atoms with Crippen LogP contribution in [-0.2, 0) is 9.84 Å². The van der Waals surface area contributed by atoms with E-state index in [-0.39, 0.29) is 16.4 Å². The molecule has 0 aliphatic heterocycles. The largest absolute Gasteiger partial charge is 0.339 e. The first-order valence-corrected chi connectivity index (χ1v) is 11.7. The van der Waals surface area contributed by atoms with Crippen LogP contribution in [0.2, 0.25) is 5.02 Å². The van der Waals surface area contributed by atoms with Gasteiger partial charge in [0, 0.05) is 10.7 Å². The molecule has 0 fully saturated rings. The van der Waals surface area contributed by atoms with Crippen molar-refractivity contribution in [2.45, 2.75) is 24.0 Å². The second kappa shape index (κ2) is 8.58. The highest BCUT2D eigenvalue weighted by atomic mass is 35.5. The molecule has 0 amide bonds. The van der Waals surface area contributed by atoms with Crippen molar-refractivity contribution >= 4 is 44.0 Å². The molecule has 4 rings (SSSR count). The molecule has 160 valence electrons. The highest BCUT2D eigenvalue weighted by Gasteiger charge is 2.33. The number of aryl methyl sites for hydroxylation is 2. The van der Waals surface area contributed by atoms with E-state index in [1.165, 1.54) is 24.3 Å². The summed E-state index contributed by atoms with van der Waals surface area (Å²) >= 11 is 5.90. The Morgan fingerprint density at radius 2 is 1.59 bits per heavy atom. The van der Waals surface area contributed by atoms with Gasteiger partial charge in [0.25, 0.3) is 0 Å². The average Bonchev–Trinajstić information content (AvgIpc) is 2.77. The van der Waals surface area contributed by atoms with Crippen LogP contribution in [0.25, 0.3) is 11.0 Å². The van der Waals surface area contributed by atoms with Gasteiger partial charge in [0.15, 0.2) is 11.1 Å². The zero-order valence-corrected chi connectivity index (χ0v) is 18.9. The molecule has 32 heavy (non-hydrogen) atoms. The van der Waals surface area contributed by atoms with E-state index >= 15 is 0 Å². The minimum absolute atomic E-state index is 0.0134. The van der Waals surface area contributed by atoms with Crippen molar-refractivity contribution < 1.29 is 8.42 Å². The second-order valence-corrected chi connectivity index (χ2v) is 9.85. The van der Waals surface area contributed by atoms with Crippen molar-refractivity contribution in [3.63, 3.8) is 0 Å². The van der Waals surface area contributed by atoms with E-state index in [4.69, 9.17) is 11.6 Å². The van der Waals surface area contributed by atoms with Gasteiger partial charge in [0.05, 0.1) is 22.0 Å². The summed E-state index contributed by atoms with van der Waals surface area (Å²) in [5, 5.41) is 11.9. The van der Waals surface area contributed by atoms with Crippen LogP contribution in [0.5, 0.6) is 0 Å². The van der Waals surface area contributed by atoms with Crippen molar-refractivity contribution in [2.75, 3.05) is 5.32 Å². The van der Waals surface area contributed by atoms with Crippen LogP contribution in [0.15, 0.2) is 71.6 Å². The molecule has 3 aromatic carbocycles. The number of fused-ring (bicyclic) bond motifs is 1. The maximum absolute atomic E-state index is 13.4. The lowest BCUT2D eigenvalue weighted by Crippen LogP contribution is -2.16. The molecule has 0 unspecified atom stereocenters. The Balaban J connectivity index is 1.88. The van der Waals surface area contributed by atoms with Crippen LogP contribution in [0.3, 0.4) is 0 Å². The summed E-state index contributed by atoms with van der Waals surface area (Å²) in [6.07, 6.45) is 0. The van der Waals surface area contributed by atoms with Crippen molar-refractivity contribution in [3.05, 3.63) is 88.6 Å². The summed E-state index contributed by atoms with van der Waals surface area (Å²) in [5.74, 6) is 0.219. The first-order valence-electron chi connectivity index (χ1n) is 9.79. The molecule has 0 spiro atoms. The smallest absolute Gasteiger partial charge is 0.200 e. The molecular formula is C24H19ClN4O2S. The fourth-order valence-corrected chi connectivity index (χ4v) is 4.79. The number of aromatic nitrogens is 2. The first kappa shape index (κ1) is 21.8. The summed E-state index contributed by atoms with van der Waals surface area (Å²) in [6, 6.07) is 20.5. The number of para-hydroxylation sites is 2. The van der Waals surface area contributed by atoms with Gasteiger partial charge in [0.2, 0.25) is 9.84 Å². The Kier molecular flexibility index (Phi) is 5.83. The second-order valence-electron chi connectivity index (χ2n) is 7.38. The van der Waals surface area contributed by atoms with Crippen molar-refractivity contribution in [2.24, 2.45) is 0 Å². The molecule has 0 aliphatic carbocycles. The topological polar surface area (TPSA) is 95.7 Å². The normalized spacial score (nSPS) is 12.3. The quantitative estimate of drug-likeness (QED) is 0.409. The summed E-state index contributed by atoms with van der Waals surface area (Å²) < 4.78 is 26.7. The van der Waals surface area contributed by atoms with Crippen molar-refractivity contribution in [3.8, 4) is 6.07 Å². The standard InChI is InChI=1S/C24H19ClN4O2S/c1-15-7-10-18(13-16(15)2)27-24-23(28-20-5-3-4-6-21(20)29-24)22(14-26)32(30,31)19-11-8-17(25)9-12-19/h3-13,22H,1-2H3,(H,27,29)/t22-/m0/s1. The van der Waals surface area contributed by atoms with Crippen LogP contribution in [0, 0.1) is 25.2 Å². The number of nitriles is 1. The Bertz CT molecular complexity index is 1460. The Morgan fingerprint density at radius 1 is 0.938 bits per heavy atom. The molecule has 1 heterocycles. The Labute approximate surface area is 191 Å². The van der Waals surface area contributed by atoms with Gasteiger partial charge in [-0.05, 0) is 73.5 Å². The fraction of sp³-hybridized carbons (Fsp3) is 0.125. The van der Waals surface area contributed by atoms with Gasteiger partial charge in [-0.2, -0.15) is 5.26 Å². The highest BCUT2D eigenvalue weighted by molar-refractivity contribution is 7.92. The first-order chi connectivity index (χ1) is 15.3. The molecule has 0 saturated carbocycles. The third kappa shape index (κ3) is 4.15. The summed E-state index contributed by atoms with van der Waals surface area (Å²) in [7, 11) is -4.08. The summed E-state index contributed by atoms with van der Waals surface area (Å²) in [6.45, 7) is 3.99. The van der Waals surface area contributed by atoms with E-state index in [2.05, 4.69) is 15.3 Å². The molecule has 8 heteroatoms. The molecule has 1 aromatic heterocycles. The SMILES string of the molecule is Cc1ccc(Nc2nc3ccccc3nc2[C@H](C#N)S(=O)(=O)c2ccc(Cl)cc2)cc1C. The van der Waals surface area contributed by atoms with E-state index in [0.717, 1.165) is 16.8 Å². The molecule has 0 saturated heterocycles. The van der Waals surface area contributed by atoms with Gasteiger partial charge in [-0.1, -0.05) is 29.8 Å². The van der Waals surface area contributed by atoms with Gasteiger partial charge in [-0.3, -0.25) is 0 Å². The number of hydrogen-bond donors (Lipinski definition) is 1. The molecule has 4 aromatic rings. The van der Waals surface area contributed by atoms with Crippen molar-refractivity contribution in [1.82, 2.24) is 9.97 Å². The number of sulfone groups is 1. The summed E-state index contributed by atoms with van der Waals surface area (Å²) in [5.41, 5.74) is 4.04. The molecule has 0 aliphatic rings. The number of nitrogens with one attached hydrogen (secondary N) is 1. The molecule has 0 bridgehead atoms. The van der Waals surface area contributed by atoms with E-state index in [9.17, 15) is 13.7 Å². The zero-order chi connectivity index (χ0) is 22.9. The van der Waals surface area contributed by atoms with Gasteiger partial charge < -0.3 is 5.32 Å². The van der Waals surface area contributed by atoms with Crippen LogP contribution >= 0.6 is 11.6 Å². The lowest BCUT2D eigenvalue weighted by Gasteiger charge is -2.16. The van der Waals surface area contributed by atoms with Crippen LogP contribution < -0.4 is 5.32 Å². The predicted molar refractivity (Wildman–Crippen MR) is 126 cm³/mol. The van der Waals surface area contributed by atoms with Gasteiger partial charge in [-0.25, -0.2) is 18.4 Å². The number of benzene rings is 3. The van der Waals surface area contributed by atoms with Gasteiger partial charge in [-0.15, -0.1) is 0 Å². The third-order valence-electron chi connectivity index (χ3n) is 5.19. The summed E-state index contributed by atoms with van der Waals surface area (Å²) in [4.78, 5) is 9.13. The van der Waals surface area contributed by atoms with E-state index < -0.39 is 15.1 Å². The molecular weight excluding hydrogens is 444 g/mol. The molecule has 6 nitrogen and oxygen atoms in total. The van der Waals surface area contributed by atoms with Crippen molar-refractivity contribution in [1.29, 1.82) is 5.26 Å². The van der Waals surface area contributed by atoms with Crippen LogP contribution in [-0.4, -0.2) is 18.4 Å². The molecule has 1 N–H and O–H groups in total. The number of anilines is 2. The lowest BCUT2D eigenvalue weighted by atomic mass is 10.1. The monoisotopic (exact) mass is 462 g/mol. The predicted octanol–water partition coefficient (Wildman–Crippen LogP) is 5.68. The number of hydrogen-bond acceptors (Lipinski definition) is 6. The van der Waals surface area contributed by atoms with Gasteiger partial charge in [0.1, 0.15) is 5.69 Å². The minimum Gasteiger partial charge on any atom is -0.339 e. The minimum atomic E-state index is -4.08. The fourth-order valence-electron chi connectivity index (χ4n) is 3.28. The molecule has 0 radical (unpaired) electrons. The Morgan fingerprint density at radius 3 is 2.22 bits per heavy atom. The average molecular weight is 463 g/mol. The molecule has 1 atom stereocenters. The van der Waals surface area contributed by atoms with Crippen LogP contribution in [0.1, 0.15) is 22.1 Å². The van der Waals surface area contributed by atoms with E-state index in [0.29, 0.717) is 16.1 Å². The number of nitrogens with zero attached hydrogens (tertiary/aromatic N) is 3. The lowest BCUT2D eigenvalue weighted by molar-refractivity contribution is 0.590. The maximum atomic E-state index is 13.4.